The van der Waals surface area contributed by atoms with E-state index in [0.29, 0.717) is 29.5 Å². The van der Waals surface area contributed by atoms with Gasteiger partial charge in [0.1, 0.15) is 17.4 Å². The van der Waals surface area contributed by atoms with Gasteiger partial charge < -0.3 is 14.8 Å². The molecular weight excluding hydrogens is 316 g/mol. The predicted octanol–water partition coefficient (Wildman–Crippen LogP) is 4.27. The van der Waals surface area contributed by atoms with E-state index in [9.17, 15) is 10.1 Å². The van der Waals surface area contributed by atoms with Gasteiger partial charge in [-0.1, -0.05) is 13.3 Å². The molecule has 1 amide bonds. The first-order chi connectivity index (χ1) is 11.9. The summed E-state index contributed by atoms with van der Waals surface area (Å²) in [7, 11) is 0. The first-order valence-corrected chi connectivity index (χ1v) is 9.06. The van der Waals surface area contributed by atoms with Gasteiger partial charge >= 0.3 is 0 Å². The van der Waals surface area contributed by atoms with Crippen LogP contribution in [0.4, 0.5) is 5.69 Å². The Hall–Kier alpha value is -2.06. The van der Waals surface area contributed by atoms with Gasteiger partial charge in [-0.05, 0) is 64.2 Å². The average Bonchev–Trinajstić information content (AvgIpc) is 2.56. The molecule has 1 aromatic carbocycles. The van der Waals surface area contributed by atoms with Crippen molar-refractivity contribution in [3.05, 3.63) is 23.8 Å². The second-order valence-electron chi connectivity index (χ2n) is 7.07. The quantitative estimate of drug-likeness (QED) is 0.836. The lowest BCUT2D eigenvalue weighted by molar-refractivity contribution is -0.147. The number of benzene rings is 1. The van der Waals surface area contributed by atoms with E-state index in [1.807, 2.05) is 20.8 Å². The topological polar surface area (TPSA) is 71.3 Å². The first kappa shape index (κ1) is 19.3. The lowest BCUT2D eigenvalue weighted by Crippen LogP contribution is -2.48. The molecule has 25 heavy (non-hydrogen) atoms. The Morgan fingerprint density at radius 1 is 1.48 bits per heavy atom. The van der Waals surface area contributed by atoms with Crippen LogP contribution in [-0.4, -0.2) is 24.2 Å². The number of hydrogen-bond acceptors (Lipinski definition) is 4. The lowest BCUT2D eigenvalue weighted by Gasteiger charge is -2.38. The van der Waals surface area contributed by atoms with Crippen LogP contribution in [0, 0.1) is 17.2 Å². The molecule has 1 saturated carbocycles. The Morgan fingerprint density at radius 2 is 2.24 bits per heavy atom. The zero-order valence-electron chi connectivity index (χ0n) is 15.6. The first-order valence-electron chi connectivity index (χ1n) is 9.06. The maximum absolute atomic E-state index is 12.9. The average molecular weight is 344 g/mol. The highest BCUT2D eigenvalue weighted by Gasteiger charge is 2.42. The van der Waals surface area contributed by atoms with Crippen molar-refractivity contribution in [2.75, 3.05) is 11.9 Å². The zero-order chi connectivity index (χ0) is 18.4. The van der Waals surface area contributed by atoms with Gasteiger partial charge in [0.25, 0.3) is 5.91 Å². The molecule has 2 rings (SSSR count). The van der Waals surface area contributed by atoms with Crippen LogP contribution in [0.1, 0.15) is 58.9 Å². The Bertz CT molecular complexity index is 647. The summed E-state index contributed by atoms with van der Waals surface area (Å²) >= 11 is 0. The molecule has 0 unspecified atom stereocenters. The molecule has 0 bridgehead atoms. The van der Waals surface area contributed by atoms with Crippen LogP contribution in [0.5, 0.6) is 5.75 Å². The number of hydrogen-bond donors (Lipinski definition) is 1. The van der Waals surface area contributed by atoms with Crippen molar-refractivity contribution >= 4 is 11.6 Å². The van der Waals surface area contributed by atoms with Crippen molar-refractivity contribution in [2.45, 2.75) is 65.1 Å². The van der Waals surface area contributed by atoms with E-state index in [2.05, 4.69) is 18.3 Å². The third-order valence-electron chi connectivity index (χ3n) is 4.51. The van der Waals surface area contributed by atoms with Gasteiger partial charge in [-0.3, -0.25) is 4.79 Å². The summed E-state index contributed by atoms with van der Waals surface area (Å²) in [5, 5.41) is 12.3. The Morgan fingerprint density at radius 3 is 2.84 bits per heavy atom. The highest BCUT2D eigenvalue weighted by Crippen LogP contribution is 2.36. The third kappa shape index (κ3) is 4.73. The highest BCUT2D eigenvalue weighted by atomic mass is 16.5. The van der Waals surface area contributed by atoms with Gasteiger partial charge in [-0.15, -0.1) is 0 Å². The van der Waals surface area contributed by atoms with Crippen molar-refractivity contribution in [3.8, 4) is 11.8 Å². The minimum atomic E-state index is -0.772. The lowest BCUT2D eigenvalue weighted by atomic mass is 9.78. The van der Waals surface area contributed by atoms with Gasteiger partial charge in [-0.25, -0.2) is 0 Å². The summed E-state index contributed by atoms with van der Waals surface area (Å²) in [5.41, 5.74) is 0.232. The maximum Gasteiger partial charge on any atom is 0.256 e. The second-order valence-corrected chi connectivity index (χ2v) is 7.07. The molecule has 1 fully saturated rings. The van der Waals surface area contributed by atoms with Gasteiger partial charge in [0.2, 0.25) is 0 Å². The molecule has 1 N–H and O–H groups in total. The normalized spacial score (nSPS) is 23.1. The van der Waals surface area contributed by atoms with Crippen molar-refractivity contribution in [1.29, 1.82) is 5.26 Å². The monoisotopic (exact) mass is 344 g/mol. The van der Waals surface area contributed by atoms with E-state index >= 15 is 0 Å². The number of carbonyl (C=O) groups excluding carboxylic acids is 1. The smallest absolute Gasteiger partial charge is 0.256 e. The molecule has 136 valence electrons. The van der Waals surface area contributed by atoms with Crippen molar-refractivity contribution in [1.82, 2.24) is 0 Å². The number of nitrogens with one attached hydrogen (secondary N) is 1. The number of ether oxygens (including phenoxy) is 2. The third-order valence-corrected chi connectivity index (χ3v) is 4.51. The molecule has 0 aromatic heterocycles. The Labute approximate surface area is 150 Å². The van der Waals surface area contributed by atoms with Crippen molar-refractivity contribution in [2.24, 2.45) is 5.92 Å². The van der Waals surface area contributed by atoms with Crippen molar-refractivity contribution in [3.63, 3.8) is 0 Å². The summed E-state index contributed by atoms with van der Waals surface area (Å²) in [6, 6.07) is 7.28. The molecule has 0 radical (unpaired) electrons. The summed E-state index contributed by atoms with van der Waals surface area (Å²) in [6.45, 7) is 8.40. The fourth-order valence-electron chi connectivity index (χ4n) is 3.48. The predicted molar refractivity (Wildman–Crippen MR) is 97.5 cm³/mol. The summed E-state index contributed by atoms with van der Waals surface area (Å²) in [6.07, 6.45) is 3.56. The molecule has 0 heterocycles. The molecule has 1 aliphatic rings. The van der Waals surface area contributed by atoms with E-state index in [1.165, 1.54) is 0 Å². The fourth-order valence-corrected chi connectivity index (χ4v) is 3.48. The Kier molecular flexibility index (Phi) is 6.44. The standard InChI is InChI=1S/C20H28N2O3/c1-5-24-20(10-6-7-15(4)12-20)19(23)22-17-8-9-18(25-14(2)3)16(11-17)13-21/h8-9,11,14-15H,5-7,10,12H2,1-4H3,(H,22,23)/t15-,20+/m0/s1. The van der Waals surface area contributed by atoms with Crippen LogP contribution >= 0.6 is 0 Å². The molecule has 2 atom stereocenters. The van der Waals surface area contributed by atoms with E-state index in [-0.39, 0.29) is 12.0 Å². The number of rotatable bonds is 6. The summed E-state index contributed by atoms with van der Waals surface area (Å²) in [5.74, 6) is 0.867. The molecule has 5 heteroatoms. The molecule has 0 spiro atoms. The van der Waals surface area contributed by atoms with Gasteiger partial charge in [0.05, 0.1) is 11.7 Å². The molecule has 0 aliphatic heterocycles. The van der Waals surface area contributed by atoms with Gasteiger partial charge in [0.15, 0.2) is 0 Å². The van der Waals surface area contributed by atoms with Crippen molar-refractivity contribution < 1.29 is 14.3 Å². The van der Waals surface area contributed by atoms with Crippen LogP contribution < -0.4 is 10.1 Å². The van der Waals surface area contributed by atoms with Gasteiger partial charge in [0, 0.05) is 12.3 Å². The van der Waals surface area contributed by atoms with Crippen LogP contribution in [0.2, 0.25) is 0 Å². The molecular formula is C20H28N2O3. The minimum Gasteiger partial charge on any atom is -0.490 e. The van der Waals surface area contributed by atoms with Crippen LogP contribution in [0.15, 0.2) is 18.2 Å². The SMILES string of the molecule is CCO[C@]1(C(=O)Nc2ccc(OC(C)C)c(C#N)c2)CCC[C@H](C)C1. The largest absolute Gasteiger partial charge is 0.490 e. The molecule has 5 nitrogen and oxygen atoms in total. The van der Waals surface area contributed by atoms with E-state index in [1.54, 1.807) is 18.2 Å². The van der Waals surface area contributed by atoms with Crippen LogP contribution in [-0.2, 0) is 9.53 Å². The fraction of sp³-hybridized carbons (Fsp3) is 0.600. The zero-order valence-corrected chi connectivity index (χ0v) is 15.6. The van der Waals surface area contributed by atoms with E-state index < -0.39 is 5.60 Å². The van der Waals surface area contributed by atoms with E-state index in [4.69, 9.17) is 9.47 Å². The minimum absolute atomic E-state index is 0.0162. The summed E-state index contributed by atoms with van der Waals surface area (Å²) in [4.78, 5) is 12.9. The maximum atomic E-state index is 12.9. The van der Waals surface area contributed by atoms with Crippen LogP contribution in [0.25, 0.3) is 0 Å². The number of nitriles is 1. The molecule has 0 saturated heterocycles. The number of amides is 1. The second kappa shape index (κ2) is 8.35. The number of anilines is 1. The van der Waals surface area contributed by atoms with Crippen LogP contribution in [0.3, 0.4) is 0 Å². The number of carbonyl (C=O) groups is 1. The number of nitrogens with zero attached hydrogens (tertiary/aromatic N) is 1. The summed E-state index contributed by atoms with van der Waals surface area (Å²) < 4.78 is 11.5. The van der Waals surface area contributed by atoms with E-state index in [0.717, 1.165) is 25.7 Å². The Balaban J connectivity index is 2.19. The highest BCUT2D eigenvalue weighted by molar-refractivity contribution is 5.97. The molecule has 1 aromatic rings. The molecule has 1 aliphatic carbocycles. The van der Waals surface area contributed by atoms with Gasteiger partial charge in [-0.2, -0.15) is 5.26 Å².